The van der Waals surface area contributed by atoms with Crippen LogP contribution in [-0.4, -0.2) is 12.3 Å². The molecule has 0 radical (unpaired) electrons. The molecule has 1 nitrogen and oxygen atoms in total. The molecule has 0 amide bonds. The molecule has 104 valence electrons. The fraction of sp³-hybridized carbons (Fsp3) is 0.143. The van der Waals surface area contributed by atoms with E-state index < -0.39 is 12.3 Å². The molecule has 0 fully saturated rings. The van der Waals surface area contributed by atoms with Crippen LogP contribution < -0.4 is 4.74 Å². The molecule has 0 aliphatic carbocycles. The summed E-state index contributed by atoms with van der Waals surface area (Å²) in [6, 6.07) is 6.87. The molecule has 1 aromatic heterocycles. The highest BCUT2D eigenvalue weighted by molar-refractivity contribution is 7.13. The minimum Gasteiger partial charge on any atom is -0.475 e. The summed E-state index contributed by atoms with van der Waals surface area (Å²) in [5.74, 6) is 0.224. The third-order valence-corrected chi connectivity index (χ3v) is 4.01. The zero-order valence-electron chi connectivity index (χ0n) is 9.95. The van der Waals surface area contributed by atoms with Crippen molar-refractivity contribution in [1.29, 1.82) is 0 Å². The van der Waals surface area contributed by atoms with Crippen molar-refractivity contribution in [3.8, 4) is 16.2 Å². The van der Waals surface area contributed by atoms with Gasteiger partial charge in [0.2, 0.25) is 6.10 Å². The van der Waals surface area contributed by atoms with Crippen LogP contribution in [0.3, 0.4) is 0 Å². The number of thiophene rings is 1. The molecule has 6 heteroatoms. The van der Waals surface area contributed by atoms with Crippen LogP contribution in [0.15, 0.2) is 35.7 Å². The Kier molecular flexibility index (Phi) is 3.26. The summed E-state index contributed by atoms with van der Waals surface area (Å²) in [5.41, 5.74) is 1.14. The molecule has 1 unspecified atom stereocenters. The van der Waals surface area contributed by atoms with Gasteiger partial charge in [-0.15, -0.1) is 11.3 Å². The van der Waals surface area contributed by atoms with E-state index >= 15 is 0 Å². The van der Waals surface area contributed by atoms with Crippen molar-refractivity contribution >= 4 is 29.0 Å². The SMILES string of the molecule is FC(F)(F)C1C=Cc2cc(Cl)cc(-c3cccs3)c2O1. The van der Waals surface area contributed by atoms with Crippen LogP contribution in [0, 0.1) is 0 Å². The van der Waals surface area contributed by atoms with Gasteiger partial charge in [-0.25, -0.2) is 0 Å². The number of hydrogen-bond acceptors (Lipinski definition) is 2. The number of ether oxygens (including phenoxy) is 1. The minimum absolute atomic E-state index is 0.224. The lowest BCUT2D eigenvalue weighted by atomic mass is 10.0. The second kappa shape index (κ2) is 4.82. The van der Waals surface area contributed by atoms with Gasteiger partial charge in [0.15, 0.2) is 0 Å². The van der Waals surface area contributed by atoms with Crippen molar-refractivity contribution < 1.29 is 17.9 Å². The van der Waals surface area contributed by atoms with E-state index in [0.29, 0.717) is 16.1 Å². The zero-order valence-corrected chi connectivity index (χ0v) is 11.5. The van der Waals surface area contributed by atoms with Crippen LogP contribution in [0.2, 0.25) is 5.02 Å². The molecular weight excluding hydrogens is 309 g/mol. The zero-order chi connectivity index (χ0) is 14.3. The first-order valence-electron chi connectivity index (χ1n) is 5.74. The van der Waals surface area contributed by atoms with Gasteiger partial charge in [0.25, 0.3) is 0 Å². The highest BCUT2D eigenvalue weighted by Gasteiger charge is 2.42. The molecule has 0 N–H and O–H groups in total. The lowest BCUT2D eigenvalue weighted by Crippen LogP contribution is -2.34. The van der Waals surface area contributed by atoms with Crippen molar-refractivity contribution in [1.82, 2.24) is 0 Å². The first-order valence-corrected chi connectivity index (χ1v) is 7.00. The minimum atomic E-state index is -4.43. The van der Waals surface area contributed by atoms with E-state index in [1.165, 1.54) is 17.4 Å². The predicted octanol–water partition coefficient (Wildman–Crippen LogP) is 5.41. The molecule has 1 atom stereocenters. The Morgan fingerprint density at radius 2 is 2.05 bits per heavy atom. The van der Waals surface area contributed by atoms with Gasteiger partial charge in [-0.3, -0.25) is 0 Å². The van der Waals surface area contributed by atoms with Gasteiger partial charge in [-0.2, -0.15) is 13.2 Å². The number of alkyl halides is 3. The average Bonchev–Trinajstić information content (AvgIpc) is 2.89. The molecule has 0 saturated carbocycles. The predicted molar refractivity (Wildman–Crippen MR) is 74.3 cm³/mol. The van der Waals surface area contributed by atoms with Crippen LogP contribution in [-0.2, 0) is 0 Å². The maximum absolute atomic E-state index is 12.8. The monoisotopic (exact) mass is 316 g/mol. The maximum Gasteiger partial charge on any atom is 0.429 e. The Balaban J connectivity index is 2.12. The van der Waals surface area contributed by atoms with Crippen molar-refractivity contribution in [3.05, 3.63) is 46.3 Å². The Morgan fingerprint density at radius 1 is 1.25 bits per heavy atom. The third kappa shape index (κ3) is 2.43. The van der Waals surface area contributed by atoms with Crippen molar-refractivity contribution in [3.63, 3.8) is 0 Å². The maximum atomic E-state index is 12.8. The Hall–Kier alpha value is -1.46. The van der Waals surface area contributed by atoms with Crippen molar-refractivity contribution in [2.45, 2.75) is 12.3 Å². The average molecular weight is 317 g/mol. The quantitative estimate of drug-likeness (QED) is 0.684. The number of fused-ring (bicyclic) bond motifs is 1. The summed E-state index contributed by atoms with van der Waals surface area (Å²) >= 11 is 7.44. The van der Waals surface area contributed by atoms with Gasteiger partial charge in [0, 0.05) is 21.0 Å². The number of hydrogen-bond donors (Lipinski definition) is 0. The molecule has 1 aliphatic rings. The summed E-state index contributed by atoms with van der Waals surface area (Å²) in [7, 11) is 0. The topological polar surface area (TPSA) is 9.23 Å². The second-order valence-electron chi connectivity index (χ2n) is 4.29. The fourth-order valence-electron chi connectivity index (χ4n) is 2.02. The highest BCUT2D eigenvalue weighted by atomic mass is 35.5. The third-order valence-electron chi connectivity index (χ3n) is 2.89. The molecule has 0 bridgehead atoms. The Morgan fingerprint density at radius 3 is 2.70 bits per heavy atom. The van der Waals surface area contributed by atoms with Gasteiger partial charge >= 0.3 is 6.18 Å². The van der Waals surface area contributed by atoms with E-state index in [9.17, 15) is 13.2 Å². The molecule has 3 rings (SSSR count). The van der Waals surface area contributed by atoms with Crippen LogP contribution in [0.25, 0.3) is 16.5 Å². The van der Waals surface area contributed by atoms with Crippen molar-refractivity contribution in [2.75, 3.05) is 0 Å². The lowest BCUT2D eigenvalue weighted by molar-refractivity contribution is -0.180. The molecule has 1 aromatic carbocycles. The molecule has 1 aliphatic heterocycles. The first-order chi connectivity index (χ1) is 9.45. The molecule has 2 aromatic rings. The lowest BCUT2D eigenvalue weighted by Gasteiger charge is -2.25. The smallest absolute Gasteiger partial charge is 0.429 e. The summed E-state index contributed by atoms with van der Waals surface area (Å²) in [4.78, 5) is 0.819. The van der Waals surface area contributed by atoms with Crippen LogP contribution in [0.4, 0.5) is 13.2 Å². The van der Waals surface area contributed by atoms with E-state index in [0.717, 1.165) is 11.0 Å². The fourth-order valence-corrected chi connectivity index (χ4v) is 2.98. The van der Waals surface area contributed by atoms with Crippen molar-refractivity contribution in [2.24, 2.45) is 0 Å². The normalized spacial score (nSPS) is 17.7. The van der Waals surface area contributed by atoms with Gasteiger partial charge in [-0.1, -0.05) is 23.7 Å². The highest BCUT2D eigenvalue weighted by Crippen LogP contribution is 2.43. The largest absolute Gasteiger partial charge is 0.475 e. The van der Waals surface area contributed by atoms with Crippen LogP contribution in [0.5, 0.6) is 5.75 Å². The van der Waals surface area contributed by atoms with Gasteiger partial charge in [-0.05, 0) is 29.7 Å². The van der Waals surface area contributed by atoms with Gasteiger partial charge < -0.3 is 4.74 Å². The van der Waals surface area contributed by atoms with Crippen LogP contribution >= 0.6 is 22.9 Å². The summed E-state index contributed by atoms with van der Waals surface area (Å²) in [5, 5.41) is 2.31. The molecule has 0 saturated heterocycles. The number of rotatable bonds is 1. The van der Waals surface area contributed by atoms with E-state index in [4.69, 9.17) is 16.3 Å². The molecule has 2 heterocycles. The molecule has 0 spiro atoms. The summed E-state index contributed by atoms with van der Waals surface area (Å²) in [6.07, 6.45) is -3.95. The van der Waals surface area contributed by atoms with E-state index in [-0.39, 0.29) is 5.75 Å². The standard InChI is InChI=1S/C14H8ClF3OS/c15-9-6-8-3-4-12(14(16,17)18)19-13(8)10(7-9)11-2-1-5-20-11/h1-7,12H. The molecular formula is C14H8ClF3OS. The van der Waals surface area contributed by atoms with Crippen LogP contribution in [0.1, 0.15) is 5.56 Å². The van der Waals surface area contributed by atoms with E-state index in [1.54, 1.807) is 12.1 Å². The first kappa shape index (κ1) is 13.5. The number of benzene rings is 1. The summed E-state index contributed by atoms with van der Waals surface area (Å²) in [6.45, 7) is 0. The number of halogens is 4. The Bertz CT molecular complexity index is 662. The van der Waals surface area contributed by atoms with E-state index in [1.807, 2.05) is 17.5 Å². The Labute approximate surface area is 122 Å². The van der Waals surface area contributed by atoms with Gasteiger partial charge in [0.1, 0.15) is 5.75 Å². The van der Waals surface area contributed by atoms with Gasteiger partial charge in [0.05, 0.1) is 0 Å². The summed E-state index contributed by atoms with van der Waals surface area (Å²) < 4.78 is 43.5. The van der Waals surface area contributed by atoms with E-state index in [2.05, 4.69) is 0 Å². The second-order valence-corrected chi connectivity index (χ2v) is 5.67. The molecule has 20 heavy (non-hydrogen) atoms.